The Labute approximate surface area is 199 Å². The van der Waals surface area contributed by atoms with Crippen molar-refractivity contribution in [3.8, 4) is 5.88 Å². The highest BCUT2D eigenvalue weighted by molar-refractivity contribution is 6.36. The number of aromatic nitrogens is 3. The van der Waals surface area contributed by atoms with Crippen molar-refractivity contribution in [2.75, 3.05) is 7.11 Å². The predicted molar refractivity (Wildman–Crippen MR) is 124 cm³/mol. The third-order valence-corrected chi connectivity index (χ3v) is 6.21. The molecule has 2 aromatic heterocycles. The fourth-order valence-electron chi connectivity index (χ4n) is 3.96. The molecule has 0 fully saturated rings. The Kier molecular flexibility index (Phi) is 6.07. The lowest BCUT2D eigenvalue weighted by Gasteiger charge is -2.30. The summed E-state index contributed by atoms with van der Waals surface area (Å²) < 4.78 is 34.6. The molecule has 0 amide bonds. The molecule has 5 nitrogen and oxygen atoms in total. The number of fused-ring (bicyclic) bond motifs is 1. The molecule has 0 aliphatic carbocycles. The molecule has 1 N–H and O–H groups in total. The monoisotopic (exact) mass is 491 g/mol. The molecule has 0 aliphatic heterocycles. The van der Waals surface area contributed by atoms with Gasteiger partial charge in [-0.05, 0) is 42.3 Å². The fraction of sp³-hybridized carbons (Fsp3) is 0.250. The summed E-state index contributed by atoms with van der Waals surface area (Å²) in [7, 11) is 3.13. The van der Waals surface area contributed by atoms with E-state index in [0.29, 0.717) is 32.7 Å². The Hall–Kier alpha value is -2.74. The molecule has 0 aliphatic rings. The van der Waals surface area contributed by atoms with Crippen molar-refractivity contribution in [2.45, 2.75) is 24.9 Å². The van der Waals surface area contributed by atoms with Crippen molar-refractivity contribution in [1.82, 2.24) is 14.5 Å². The molecule has 2 aromatic carbocycles. The maximum Gasteiger partial charge on any atom is 0.249 e. The average Bonchev–Trinajstić information content (AvgIpc) is 3.21. The number of benzene rings is 2. The number of ether oxygens (including phenoxy) is 1. The van der Waals surface area contributed by atoms with Gasteiger partial charge in [-0.15, -0.1) is 0 Å². The first-order valence-corrected chi connectivity index (χ1v) is 10.8. The number of hydrogen-bond acceptors (Lipinski definition) is 4. The minimum absolute atomic E-state index is 0.0429. The van der Waals surface area contributed by atoms with Crippen LogP contribution in [0.3, 0.4) is 0 Å². The minimum atomic E-state index is -3.01. The van der Waals surface area contributed by atoms with Gasteiger partial charge in [0.2, 0.25) is 11.8 Å². The molecule has 0 saturated heterocycles. The second-order valence-corrected chi connectivity index (χ2v) is 8.81. The van der Waals surface area contributed by atoms with Gasteiger partial charge >= 0.3 is 0 Å². The van der Waals surface area contributed by atoms with Gasteiger partial charge in [0, 0.05) is 29.4 Å². The Bertz CT molecular complexity index is 1320. The average molecular weight is 492 g/mol. The number of nitrogens with zero attached hydrogens (tertiary/aromatic N) is 3. The summed E-state index contributed by atoms with van der Waals surface area (Å²) in [5.74, 6) is -2.97. The standard InChI is InChI=1S/C24H21Cl2F2N3O2/c1-23(27,28)11-18-21(26)17-10-15(6-9-19(17)30-22(18)33-3)24(32,20-12-29-13-31(20)2)14-4-7-16(25)8-5-14/h4-10,12-13,32H,11H2,1-3H3. The van der Waals surface area contributed by atoms with Gasteiger partial charge in [0.25, 0.3) is 0 Å². The molecule has 0 bridgehead atoms. The van der Waals surface area contributed by atoms with E-state index in [4.69, 9.17) is 27.9 Å². The third-order valence-electron chi connectivity index (χ3n) is 5.53. The number of rotatable bonds is 6. The molecule has 0 spiro atoms. The first-order chi connectivity index (χ1) is 15.5. The van der Waals surface area contributed by atoms with Gasteiger partial charge in [-0.1, -0.05) is 41.4 Å². The highest BCUT2D eigenvalue weighted by Crippen LogP contribution is 2.41. The van der Waals surface area contributed by atoms with Crippen LogP contribution >= 0.6 is 23.2 Å². The van der Waals surface area contributed by atoms with E-state index >= 15 is 0 Å². The summed E-state index contributed by atoms with van der Waals surface area (Å²) >= 11 is 12.7. The number of alkyl halides is 2. The van der Waals surface area contributed by atoms with Crippen LogP contribution < -0.4 is 4.74 Å². The van der Waals surface area contributed by atoms with Gasteiger partial charge in [0.1, 0.15) is 0 Å². The first kappa shape index (κ1) is 23.4. The lowest BCUT2D eigenvalue weighted by Crippen LogP contribution is -2.31. The normalized spacial score (nSPS) is 13.8. The topological polar surface area (TPSA) is 60.2 Å². The second kappa shape index (κ2) is 8.56. The molecule has 4 aromatic rings. The maximum atomic E-state index is 13.9. The Morgan fingerprint density at radius 1 is 1.09 bits per heavy atom. The van der Waals surface area contributed by atoms with Gasteiger partial charge in [-0.2, -0.15) is 0 Å². The summed E-state index contributed by atoms with van der Waals surface area (Å²) in [6.07, 6.45) is 2.51. The number of aryl methyl sites for hydroxylation is 1. The molecule has 1 atom stereocenters. The summed E-state index contributed by atoms with van der Waals surface area (Å²) in [4.78, 5) is 8.52. The first-order valence-electron chi connectivity index (χ1n) is 10.0. The largest absolute Gasteiger partial charge is 0.481 e. The zero-order valence-electron chi connectivity index (χ0n) is 18.1. The SMILES string of the molecule is COc1nc2ccc(C(O)(c3ccc(Cl)cc3)c3cncn3C)cc2c(Cl)c1CC(C)(F)F. The summed E-state index contributed by atoms with van der Waals surface area (Å²) in [5, 5.41) is 13.1. The van der Waals surface area contributed by atoms with Crippen molar-refractivity contribution in [2.24, 2.45) is 7.05 Å². The zero-order valence-corrected chi connectivity index (χ0v) is 19.6. The molecule has 0 saturated carbocycles. The van der Waals surface area contributed by atoms with Crippen LogP contribution in [0.4, 0.5) is 8.78 Å². The zero-order chi connectivity index (χ0) is 24.0. The van der Waals surface area contributed by atoms with Crippen molar-refractivity contribution in [3.63, 3.8) is 0 Å². The van der Waals surface area contributed by atoms with Crippen LogP contribution in [0.5, 0.6) is 5.88 Å². The summed E-state index contributed by atoms with van der Waals surface area (Å²) in [6.45, 7) is 0.811. The van der Waals surface area contributed by atoms with Gasteiger partial charge < -0.3 is 14.4 Å². The molecule has 4 rings (SSSR count). The molecule has 172 valence electrons. The number of hydrogen-bond donors (Lipinski definition) is 1. The molecule has 9 heteroatoms. The van der Waals surface area contributed by atoms with E-state index in [9.17, 15) is 13.9 Å². The molecule has 33 heavy (non-hydrogen) atoms. The van der Waals surface area contributed by atoms with E-state index in [-0.39, 0.29) is 16.5 Å². The van der Waals surface area contributed by atoms with Crippen LogP contribution in [-0.2, 0) is 19.1 Å². The summed E-state index contributed by atoms with van der Waals surface area (Å²) in [5.41, 5.74) is 0.445. The van der Waals surface area contributed by atoms with E-state index in [1.165, 1.54) is 7.11 Å². The van der Waals surface area contributed by atoms with E-state index in [2.05, 4.69) is 9.97 Å². The predicted octanol–water partition coefficient (Wildman–Crippen LogP) is 5.77. The van der Waals surface area contributed by atoms with Crippen LogP contribution in [0.2, 0.25) is 10.0 Å². The van der Waals surface area contributed by atoms with E-state index in [0.717, 1.165) is 6.92 Å². The Balaban J connectivity index is 1.98. The fourth-order valence-corrected chi connectivity index (χ4v) is 4.38. The van der Waals surface area contributed by atoms with Gasteiger partial charge in [0.15, 0.2) is 5.60 Å². The number of halogens is 4. The van der Waals surface area contributed by atoms with Gasteiger partial charge in [-0.3, -0.25) is 0 Å². The highest BCUT2D eigenvalue weighted by atomic mass is 35.5. The van der Waals surface area contributed by atoms with Crippen LogP contribution in [0.1, 0.15) is 29.3 Å². The molecular formula is C24H21Cl2F2N3O2. The minimum Gasteiger partial charge on any atom is -0.481 e. The molecule has 1 unspecified atom stereocenters. The van der Waals surface area contributed by atoms with Crippen LogP contribution in [0.25, 0.3) is 10.9 Å². The second-order valence-electron chi connectivity index (χ2n) is 8.00. The van der Waals surface area contributed by atoms with E-state index in [1.54, 1.807) is 66.6 Å². The molecular weight excluding hydrogens is 471 g/mol. The van der Waals surface area contributed by atoms with E-state index < -0.39 is 17.9 Å². The van der Waals surface area contributed by atoms with Crippen LogP contribution in [-0.4, -0.2) is 32.7 Å². The lowest BCUT2D eigenvalue weighted by molar-refractivity contribution is 0.0219. The van der Waals surface area contributed by atoms with Crippen LogP contribution in [0.15, 0.2) is 55.0 Å². The van der Waals surface area contributed by atoms with Crippen molar-refractivity contribution < 1.29 is 18.6 Å². The number of methoxy groups -OCH3 is 1. The Morgan fingerprint density at radius 2 is 1.76 bits per heavy atom. The Morgan fingerprint density at radius 3 is 2.33 bits per heavy atom. The third kappa shape index (κ3) is 4.28. The summed E-state index contributed by atoms with van der Waals surface area (Å²) in [6, 6.07) is 11.8. The maximum absolute atomic E-state index is 13.9. The van der Waals surface area contributed by atoms with Crippen molar-refractivity contribution in [3.05, 3.63) is 87.4 Å². The van der Waals surface area contributed by atoms with Gasteiger partial charge in [0.05, 0.1) is 35.9 Å². The smallest absolute Gasteiger partial charge is 0.249 e. The lowest BCUT2D eigenvalue weighted by atomic mass is 9.83. The van der Waals surface area contributed by atoms with E-state index in [1.807, 2.05) is 0 Å². The van der Waals surface area contributed by atoms with Crippen LogP contribution in [0, 0.1) is 0 Å². The number of aliphatic hydroxyl groups is 1. The van der Waals surface area contributed by atoms with Gasteiger partial charge in [-0.25, -0.2) is 18.7 Å². The quantitative estimate of drug-likeness (QED) is 0.372. The number of pyridine rings is 1. The van der Waals surface area contributed by atoms with Crippen molar-refractivity contribution in [1.29, 1.82) is 0 Å². The highest BCUT2D eigenvalue weighted by Gasteiger charge is 2.37. The molecule has 2 heterocycles. The molecule has 0 radical (unpaired) electrons. The number of imidazole rings is 1. The van der Waals surface area contributed by atoms with Crippen molar-refractivity contribution >= 4 is 34.1 Å².